The molecular formula is C27H32BrN3O4. The lowest BCUT2D eigenvalue weighted by molar-refractivity contribution is -0.133. The SMILES string of the molecule is COCCN(Cc1cccn1Cc1ccccc1)C(=O)CN(CCOC)C(=O)c1cccc(Br)c1. The molecular weight excluding hydrogens is 510 g/mol. The average molecular weight is 542 g/mol. The average Bonchev–Trinajstić information content (AvgIpc) is 3.30. The first kappa shape index (κ1) is 26.7. The van der Waals surface area contributed by atoms with Crippen molar-refractivity contribution in [2.45, 2.75) is 13.1 Å². The van der Waals surface area contributed by atoms with Gasteiger partial charge in [-0.15, -0.1) is 0 Å². The van der Waals surface area contributed by atoms with Crippen molar-refractivity contribution in [1.82, 2.24) is 14.4 Å². The van der Waals surface area contributed by atoms with E-state index in [1.807, 2.05) is 42.6 Å². The maximum atomic E-state index is 13.4. The summed E-state index contributed by atoms with van der Waals surface area (Å²) in [5, 5.41) is 0. The number of nitrogens with zero attached hydrogens (tertiary/aromatic N) is 3. The van der Waals surface area contributed by atoms with Crippen LogP contribution in [0.5, 0.6) is 0 Å². The Labute approximate surface area is 215 Å². The Bertz CT molecular complexity index is 1090. The molecule has 1 heterocycles. The zero-order chi connectivity index (χ0) is 25.0. The molecule has 0 fully saturated rings. The van der Waals surface area contributed by atoms with Crippen molar-refractivity contribution in [3.63, 3.8) is 0 Å². The summed E-state index contributed by atoms with van der Waals surface area (Å²) in [6.07, 6.45) is 2.02. The van der Waals surface area contributed by atoms with Gasteiger partial charge in [0.15, 0.2) is 0 Å². The Morgan fingerprint density at radius 2 is 1.60 bits per heavy atom. The van der Waals surface area contributed by atoms with Gasteiger partial charge in [0.2, 0.25) is 5.91 Å². The molecule has 186 valence electrons. The van der Waals surface area contributed by atoms with Gasteiger partial charge in [-0.05, 0) is 35.9 Å². The van der Waals surface area contributed by atoms with Crippen molar-refractivity contribution in [3.8, 4) is 0 Å². The Morgan fingerprint density at radius 3 is 2.29 bits per heavy atom. The minimum atomic E-state index is -0.212. The van der Waals surface area contributed by atoms with Gasteiger partial charge in [-0.25, -0.2) is 0 Å². The van der Waals surface area contributed by atoms with Crippen LogP contribution in [0.1, 0.15) is 21.6 Å². The molecule has 0 radical (unpaired) electrons. The van der Waals surface area contributed by atoms with E-state index in [4.69, 9.17) is 9.47 Å². The summed E-state index contributed by atoms with van der Waals surface area (Å²) < 4.78 is 13.4. The highest BCUT2D eigenvalue weighted by molar-refractivity contribution is 9.10. The first-order valence-corrected chi connectivity index (χ1v) is 12.3. The molecule has 35 heavy (non-hydrogen) atoms. The van der Waals surface area contributed by atoms with Gasteiger partial charge in [0, 0.05) is 55.8 Å². The molecule has 7 nitrogen and oxygen atoms in total. The van der Waals surface area contributed by atoms with Crippen molar-refractivity contribution in [1.29, 1.82) is 0 Å². The highest BCUT2D eigenvalue weighted by Crippen LogP contribution is 2.15. The Morgan fingerprint density at radius 1 is 0.886 bits per heavy atom. The zero-order valence-electron chi connectivity index (χ0n) is 20.2. The first-order valence-electron chi connectivity index (χ1n) is 11.5. The standard InChI is InChI=1S/C27H32BrN3O4/c1-34-16-14-30(20-25-12-7-13-29(25)19-22-8-4-3-5-9-22)26(32)21-31(15-17-35-2)27(33)23-10-6-11-24(28)18-23/h3-13,18H,14-17,19-21H2,1-2H3. The maximum absolute atomic E-state index is 13.4. The van der Waals surface area contributed by atoms with Crippen molar-refractivity contribution >= 4 is 27.7 Å². The van der Waals surface area contributed by atoms with Crippen LogP contribution in [0.4, 0.5) is 0 Å². The number of halogens is 1. The summed E-state index contributed by atoms with van der Waals surface area (Å²) in [7, 11) is 3.19. The fraction of sp³-hybridized carbons (Fsp3) is 0.333. The van der Waals surface area contributed by atoms with Gasteiger partial charge >= 0.3 is 0 Å². The number of hydrogen-bond donors (Lipinski definition) is 0. The molecule has 0 bridgehead atoms. The smallest absolute Gasteiger partial charge is 0.254 e. The van der Waals surface area contributed by atoms with Gasteiger partial charge in [0.05, 0.1) is 19.8 Å². The molecule has 0 aliphatic carbocycles. The lowest BCUT2D eigenvalue weighted by atomic mass is 10.2. The molecule has 0 aliphatic rings. The van der Waals surface area contributed by atoms with Gasteiger partial charge < -0.3 is 23.8 Å². The monoisotopic (exact) mass is 541 g/mol. The molecule has 0 N–H and O–H groups in total. The number of rotatable bonds is 13. The maximum Gasteiger partial charge on any atom is 0.254 e. The minimum Gasteiger partial charge on any atom is -0.383 e. The number of carbonyl (C=O) groups is 2. The summed E-state index contributed by atoms with van der Waals surface area (Å²) in [5.41, 5.74) is 2.72. The summed E-state index contributed by atoms with van der Waals surface area (Å²) in [5.74, 6) is -0.357. The van der Waals surface area contributed by atoms with Gasteiger partial charge in [0.1, 0.15) is 6.54 Å². The zero-order valence-corrected chi connectivity index (χ0v) is 21.8. The van der Waals surface area contributed by atoms with Crippen LogP contribution in [0, 0.1) is 0 Å². The third-order valence-electron chi connectivity index (χ3n) is 5.64. The molecule has 0 spiro atoms. The molecule has 0 saturated heterocycles. The molecule has 0 unspecified atom stereocenters. The van der Waals surface area contributed by atoms with E-state index in [9.17, 15) is 9.59 Å². The van der Waals surface area contributed by atoms with E-state index in [0.29, 0.717) is 38.4 Å². The summed E-state index contributed by atoms with van der Waals surface area (Å²) >= 11 is 3.41. The highest BCUT2D eigenvalue weighted by Gasteiger charge is 2.23. The van der Waals surface area contributed by atoms with E-state index in [1.54, 1.807) is 37.3 Å². The lowest BCUT2D eigenvalue weighted by Gasteiger charge is -2.28. The summed E-state index contributed by atoms with van der Waals surface area (Å²) in [4.78, 5) is 29.9. The van der Waals surface area contributed by atoms with Gasteiger partial charge in [-0.2, -0.15) is 0 Å². The van der Waals surface area contributed by atoms with Crippen molar-refractivity contribution in [2.24, 2.45) is 0 Å². The van der Waals surface area contributed by atoms with E-state index in [2.05, 4.69) is 32.6 Å². The van der Waals surface area contributed by atoms with Crippen molar-refractivity contribution in [3.05, 3.63) is 94.2 Å². The highest BCUT2D eigenvalue weighted by atomic mass is 79.9. The van der Waals surface area contributed by atoms with Crippen LogP contribution in [0.3, 0.4) is 0 Å². The van der Waals surface area contributed by atoms with E-state index in [0.717, 1.165) is 16.7 Å². The van der Waals surface area contributed by atoms with Crippen LogP contribution in [0.2, 0.25) is 0 Å². The van der Waals surface area contributed by atoms with Crippen LogP contribution in [0.25, 0.3) is 0 Å². The topological polar surface area (TPSA) is 64.0 Å². The van der Waals surface area contributed by atoms with Crippen LogP contribution < -0.4 is 0 Å². The van der Waals surface area contributed by atoms with Gasteiger partial charge in [-0.3, -0.25) is 9.59 Å². The van der Waals surface area contributed by atoms with Crippen molar-refractivity contribution in [2.75, 3.05) is 47.1 Å². The normalized spacial score (nSPS) is 10.8. The molecule has 0 aliphatic heterocycles. The molecule has 2 amide bonds. The fourth-order valence-corrected chi connectivity index (χ4v) is 4.14. The molecule has 2 aromatic carbocycles. The molecule has 1 aromatic heterocycles. The second-order valence-electron chi connectivity index (χ2n) is 8.15. The Balaban J connectivity index is 1.75. The number of methoxy groups -OCH3 is 2. The quantitative estimate of drug-likeness (QED) is 0.327. The van der Waals surface area contributed by atoms with E-state index in [-0.39, 0.29) is 18.4 Å². The Kier molecular flexibility index (Phi) is 10.5. The minimum absolute atomic E-state index is 0.0438. The van der Waals surface area contributed by atoms with Crippen LogP contribution in [-0.2, 0) is 27.4 Å². The second-order valence-corrected chi connectivity index (χ2v) is 9.07. The van der Waals surface area contributed by atoms with Crippen LogP contribution in [0.15, 0.2) is 77.4 Å². The van der Waals surface area contributed by atoms with Crippen molar-refractivity contribution < 1.29 is 19.1 Å². The number of benzene rings is 2. The van der Waals surface area contributed by atoms with Crippen LogP contribution in [-0.4, -0.2) is 73.2 Å². The summed E-state index contributed by atoms with van der Waals surface area (Å²) in [6, 6.07) is 21.4. The van der Waals surface area contributed by atoms with Crippen LogP contribution >= 0.6 is 15.9 Å². The molecule has 0 atom stereocenters. The lowest BCUT2D eigenvalue weighted by Crippen LogP contribution is -2.45. The second kappa shape index (κ2) is 13.8. The third kappa shape index (κ3) is 8.06. The number of amides is 2. The molecule has 3 aromatic rings. The molecule has 3 rings (SSSR count). The van der Waals surface area contributed by atoms with E-state index >= 15 is 0 Å². The van der Waals surface area contributed by atoms with E-state index < -0.39 is 0 Å². The number of carbonyl (C=O) groups excluding carboxylic acids is 2. The Hall–Kier alpha value is -2.94. The fourth-order valence-electron chi connectivity index (χ4n) is 3.74. The largest absolute Gasteiger partial charge is 0.383 e. The summed E-state index contributed by atoms with van der Waals surface area (Å²) in [6.45, 7) is 2.58. The first-order chi connectivity index (χ1) is 17.0. The van der Waals surface area contributed by atoms with E-state index in [1.165, 1.54) is 10.5 Å². The predicted molar refractivity (Wildman–Crippen MR) is 139 cm³/mol. The molecule has 0 saturated carbocycles. The van der Waals surface area contributed by atoms with Gasteiger partial charge in [-0.1, -0.05) is 52.3 Å². The molecule has 8 heteroatoms. The number of aromatic nitrogens is 1. The number of ether oxygens (including phenoxy) is 2. The number of hydrogen-bond acceptors (Lipinski definition) is 4. The predicted octanol–water partition coefficient (Wildman–Crippen LogP) is 4.06. The van der Waals surface area contributed by atoms with Gasteiger partial charge in [0.25, 0.3) is 5.91 Å². The third-order valence-corrected chi connectivity index (χ3v) is 6.13.